The molecule has 2 N–H and O–H groups in total. The van der Waals surface area contributed by atoms with Crippen LogP contribution < -0.4 is 4.90 Å². The molecule has 5 bridgehead atoms. The van der Waals surface area contributed by atoms with Crippen molar-refractivity contribution in [2.24, 2.45) is 17.8 Å². The average Bonchev–Trinajstić information content (AvgIpc) is 3.11. The normalized spacial score (nSPS) is 49.3. The van der Waals surface area contributed by atoms with Crippen LogP contribution in [-0.4, -0.2) is 71.3 Å². The molecule has 0 unspecified atom stereocenters. The number of carbonyl (C=O) groups is 1. The van der Waals surface area contributed by atoms with Crippen molar-refractivity contribution in [1.29, 1.82) is 0 Å². The van der Waals surface area contributed by atoms with E-state index in [0.717, 1.165) is 19.3 Å². The Morgan fingerprint density at radius 1 is 1.27 bits per heavy atom. The number of piperidine rings is 4. The number of anilines is 1. The Labute approximate surface area is 178 Å². The summed E-state index contributed by atoms with van der Waals surface area (Å²) in [4.78, 5) is 15.2. The molecule has 5 fully saturated rings. The van der Waals surface area contributed by atoms with E-state index in [4.69, 9.17) is 4.74 Å². The number of hydrogen-bond donors (Lipinski definition) is 2. The Kier molecular flexibility index (Phi) is 3.81. The van der Waals surface area contributed by atoms with Crippen LogP contribution in [0.1, 0.15) is 38.7 Å². The molecular formula is C24H33N2O4+. The zero-order valence-electron chi connectivity index (χ0n) is 18.1. The van der Waals surface area contributed by atoms with Crippen LogP contribution in [0.2, 0.25) is 0 Å². The number of likely N-dealkylation sites (N-methyl/N-ethyl adjacent to an activating group) is 1. The van der Waals surface area contributed by atoms with Crippen LogP contribution in [0.5, 0.6) is 0 Å². The van der Waals surface area contributed by atoms with Gasteiger partial charge in [0.25, 0.3) is 0 Å². The predicted molar refractivity (Wildman–Crippen MR) is 112 cm³/mol. The number of benzene rings is 1. The van der Waals surface area contributed by atoms with Gasteiger partial charge in [-0.25, -0.2) is 4.79 Å². The molecule has 1 aromatic carbocycles. The fourth-order valence-electron chi connectivity index (χ4n) is 9.13. The molecule has 30 heavy (non-hydrogen) atoms. The van der Waals surface area contributed by atoms with Crippen LogP contribution in [0.4, 0.5) is 5.69 Å². The Morgan fingerprint density at radius 3 is 2.77 bits per heavy atom. The molecule has 6 aliphatic rings. The molecule has 1 aromatic rings. The second kappa shape index (κ2) is 5.99. The molecule has 6 heteroatoms. The molecule has 0 amide bonds. The number of esters is 1. The van der Waals surface area contributed by atoms with E-state index < -0.39 is 12.3 Å². The lowest BCUT2D eigenvalue weighted by molar-refractivity contribution is -1.03. The maximum absolute atomic E-state index is 12.8. The van der Waals surface area contributed by atoms with Gasteiger partial charge < -0.3 is 19.8 Å². The lowest BCUT2D eigenvalue weighted by atomic mass is 9.60. The molecule has 7 rings (SSSR count). The number of fused-ring (bicyclic) bond motifs is 2. The van der Waals surface area contributed by atoms with E-state index in [2.05, 4.69) is 43.1 Å². The highest BCUT2D eigenvalue weighted by Gasteiger charge is 2.83. The van der Waals surface area contributed by atoms with Crippen LogP contribution in [-0.2, 0) is 14.9 Å². The smallest absolute Gasteiger partial charge is 0.361 e. The van der Waals surface area contributed by atoms with Gasteiger partial charge in [0.2, 0.25) is 0 Å². The molecule has 5 heterocycles. The summed E-state index contributed by atoms with van der Waals surface area (Å²) in [5.74, 6) is 0.361. The zero-order chi connectivity index (χ0) is 21.0. The molecule has 0 radical (unpaired) electrons. The molecule has 5 aliphatic heterocycles. The summed E-state index contributed by atoms with van der Waals surface area (Å²) in [7, 11) is 2.14. The zero-order valence-corrected chi connectivity index (χ0v) is 18.1. The van der Waals surface area contributed by atoms with E-state index in [-0.39, 0.29) is 47.9 Å². The summed E-state index contributed by atoms with van der Waals surface area (Å²) >= 11 is 0. The van der Waals surface area contributed by atoms with Crippen molar-refractivity contribution in [3.63, 3.8) is 0 Å². The van der Waals surface area contributed by atoms with Gasteiger partial charge >= 0.3 is 5.97 Å². The second-order valence-corrected chi connectivity index (χ2v) is 10.3. The van der Waals surface area contributed by atoms with Crippen LogP contribution in [0.3, 0.4) is 0 Å². The van der Waals surface area contributed by atoms with Crippen molar-refractivity contribution in [2.75, 3.05) is 25.1 Å². The van der Waals surface area contributed by atoms with Gasteiger partial charge in [0.05, 0.1) is 30.2 Å². The first-order chi connectivity index (χ1) is 14.4. The van der Waals surface area contributed by atoms with E-state index in [1.165, 1.54) is 11.3 Å². The minimum atomic E-state index is -0.565. The van der Waals surface area contributed by atoms with Crippen molar-refractivity contribution >= 4 is 11.7 Å². The first kappa shape index (κ1) is 19.1. The van der Waals surface area contributed by atoms with Crippen LogP contribution >= 0.6 is 0 Å². The molecule has 4 saturated heterocycles. The van der Waals surface area contributed by atoms with Crippen molar-refractivity contribution in [2.45, 2.75) is 69.0 Å². The van der Waals surface area contributed by atoms with Crippen molar-refractivity contribution in [1.82, 2.24) is 0 Å². The predicted octanol–water partition coefficient (Wildman–Crippen LogP) is 1.63. The third-order valence-electron chi connectivity index (χ3n) is 9.83. The Balaban J connectivity index is 1.57. The van der Waals surface area contributed by atoms with Gasteiger partial charge in [-0.3, -0.25) is 4.48 Å². The highest BCUT2D eigenvalue weighted by atomic mass is 16.5. The molecule has 1 saturated carbocycles. The van der Waals surface area contributed by atoms with Gasteiger partial charge in [0, 0.05) is 37.4 Å². The molecule has 0 aromatic heterocycles. The first-order valence-corrected chi connectivity index (χ1v) is 11.6. The van der Waals surface area contributed by atoms with Crippen LogP contribution in [0.15, 0.2) is 24.3 Å². The standard InChI is InChI=1S/C24H33N2O4/c1-4-13-14-10-17-21-24(15-8-6-7-9-16(15)25(21)3)11-18(20(14)22(24)28)26(17,23(13)29)12-19(27)30-5-2/h6-9,13-14,17-18,20-23,28-29H,4-5,10-12H2,1-3H3/q+1/t13-,14-,17-,18-,20-,21-,22-,23+,24-,26+/m0/s1. The van der Waals surface area contributed by atoms with E-state index in [9.17, 15) is 15.0 Å². The Morgan fingerprint density at radius 2 is 2.03 bits per heavy atom. The quantitative estimate of drug-likeness (QED) is 0.580. The number of ether oxygens (including phenoxy) is 1. The molecular weight excluding hydrogens is 380 g/mol. The summed E-state index contributed by atoms with van der Waals surface area (Å²) < 4.78 is 5.81. The lowest BCUT2D eigenvalue weighted by Crippen LogP contribution is -2.83. The van der Waals surface area contributed by atoms with Gasteiger partial charge in [-0.15, -0.1) is 0 Å². The number of nitrogens with zero attached hydrogens (tertiary/aromatic N) is 2. The van der Waals surface area contributed by atoms with E-state index in [1.807, 2.05) is 6.92 Å². The van der Waals surface area contributed by atoms with E-state index in [0.29, 0.717) is 17.0 Å². The van der Waals surface area contributed by atoms with Crippen LogP contribution in [0.25, 0.3) is 0 Å². The number of hydrogen-bond acceptors (Lipinski definition) is 5. The Bertz CT molecular complexity index is 907. The maximum Gasteiger partial charge on any atom is 0.361 e. The highest BCUT2D eigenvalue weighted by molar-refractivity contribution is 5.71. The number of rotatable bonds is 4. The summed E-state index contributed by atoms with van der Waals surface area (Å²) in [6, 6.07) is 8.84. The average molecular weight is 414 g/mol. The Hall–Kier alpha value is -1.63. The third kappa shape index (κ3) is 1.83. The minimum absolute atomic E-state index is 0.0954. The number of carbonyl (C=O) groups excluding carboxylic acids is 1. The van der Waals surface area contributed by atoms with Crippen molar-refractivity contribution in [3.8, 4) is 0 Å². The van der Waals surface area contributed by atoms with Gasteiger partial charge in [-0.05, 0) is 30.9 Å². The van der Waals surface area contributed by atoms with E-state index >= 15 is 0 Å². The van der Waals surface area contributed by atoms with E-state index in [1.54, 1.807) is 0 Å². The summed E-state index contributed by atoms with van der Waals surface area (Å²) in [5, 5.41) is 23.7. The molecule has 162 valence electrons. The summed E-state index contributed by atoms with van der Waals surface area (Å²) in [6.07, 6.45) is 1.69. The maximum atomic E-state index is 12.8. The molecule has 1 aliphatic carbocycles. The number of para-hydroxylation sites is 1. The summed E-state index contributed by atoms with van der Waals surface area (Å²) in [5.41, 5.74) is 2.17. The second-order valence-electron chi connectivity index (χ2n) is 10.3. The minimum Gasteiger partial charge on any atom is -0.462 e. The summed E-state index contributed by atoms with van der Waals surface area (Å²) in [6.45, 7) is 4.55. The number of aliphatic hydroxyl groups excluding tert-OH is 2. The van der Waals surface area contributed by atoms with Gasteiger partial charge in [0.15, 0.2) is 12.8 Å². The first-order valence-electron chi connectivity index (χ1n) is 11.6. The molecule has 1 spiro atoms. The molecule has 10 atom stereocenters. The van der Waals surface area contributed by atoms with Gasteiger partial charge in [0.1, 0.15) is 6.04 Å². The highest BCUT2D eigenvalue weighted by Crippen LogP contribution is 2.71. The third-order valence-corrected chi connectivity index (χ3v) is 9.83. The topological polar surface area (TPSA) is 70.0 Å². The number of quaternary nitrogens is 1. The fraction of sp³-hybridized carbons (Fsp3) is 0.708. The van der Waals surface area contributed by atoms with Gasteiger partial charge in [-0.1, -0.05) is 25.1 Å². The van der Waals surface area contributed by atoms with Gasteiger partial charge in [-0.2, -0.15) is 0 Å². The van der Waals surface area contributed by atoms with Crippen LogP contribution in [0, 0.1) is 17.8 Å². The number of aliphatic hydroxyl groups is 2. The fourth-order valence-corrected chi connectivity index (χ4v) is 9.13. The van der Waals surface area contributed by atoms with Crippen molar-refractivity contribution in [3.05, 3.63) is 29.8 Å². The monoisotopic (exact) mass is 413 g/mol. The SMILES string of the molecule is CCOC(=O)C[N@@+]12[C@H](O)[C@@H](CC)[C@@H]3C[C@H]1[C@@H]1N(C)c4ccccc4[C@@]14C[C@H]2[C@H]3[C@@H]4O. The molecule has 6 nitrogen and oxygen atoms in total. The lowest BCUT2D eigenvalue weighted by Gasteiger charge is -2.67. The largest absolute Gasteiger partial charge is 0.462 e. The van der Waals surface area contributed by atoms with Crippen molar-refractivity contribution < 1.29 is 24.2 Å².